The number of nitriles is 1. The van der Waals surface area contributed by atoms with Crippen molar-refractivity contribution in [3.63, 3.8) is 0 Å². The number of halogens is 3. The van der Waals surface area contributed by atoms with Crippen LogP contribution in [0.4, 0.5) is 14.5 Å². The lowest BCUT2D eigenvalue weighted by molar-refractivity contribution is -0.133. The third kappa shape index (κ3) is 4.09. The van der Waals surface area contributed by atoms with E-state index in [1.165, 1.54) is 10.6 Å². The number of pyridine rings is 2. The highest BCUT2D eigenvalue weighted by Gasteiger charge is 2.23. The Kier molecular flexibility index (Phi) is 6.47. The van der Waals surface area contributed by atoms with Crippen LogP contribution in [0.2, 0.25) is 0 Å². The summed E-state index contributed by atoms with van der Waals surface area (Å²) in [4.78, 5) is 18.5. The summed E-state index contributed by atoms with van der Waals surface area (Å²) in [5, 5.41) is 12.2. The maximum Gasteiger partial charge on any atom is 0.345 e. The van der Waals surface area contributed by atoms with Gasteiger partial charge < -0.3 is 19.5 Å². The number of hydrogen-bond acceptors (Lipinski definition) is 6. The van der Waals surface area contributed by atoms with Gasteiger partial charge in [0.05, 0.1) is 17.8 Å². The van der Waals surface area contributed by atoms with Crippen molar-refractivity contribution in [1.29, 1.82) is 5.26 Å². The van der Waals surface area contributed by atoms with Gasteiger partial charge >= 0.3 is 6.61 Å². The number of aryl methyl sites for hydroxylation is 1. The minimum Gasteiger partial charge on any atom is -0.367 e. The van der Waals surface area contributed by atoms with Gasteiger partial charge in [0.25, 0.3) is 5.56 Å². The van der Waals surface area contributed by atoms with E-state index >= 15 is 0 Å². The van der Waals surface area contributed by atoms with Crippen LogP contribution in [0.1, 0.15) is 5.69 Å². The summed E-state index contributed by atoms with van der Waals surface area (Å²) in [5.74, 6) is 0. The summed E-state index contributed by atoms with van der Waals surface area (Å²) < 4.78 is 30.4. The molecular formula is C16H18ClF2N5O2. The average molecular weight is 386 g/mol. The minimum atomic E-state index is -2.82. The molecule has 2 aromatic heterocycles. The van der Waals surface area contributed by atoms with Crippen molar-refractivity contribution >= 4 is 29.1 Å². The van der Waals surface area contributed by atoms with Crippen molar-refractivity contribution in [2.45, 2.75) is 12.7 Å². The molecular weight excluding hydrogens is 368 g/mol. The number of nitrogens with zero attached hydrogens (tertiary/aromatic N) is 4. The van der Waals surface area contributed by atoms with Crippen LogP contribution in [0.5, 0.6) is 0 Å². The molecule has 0 radical (unpaired) electrons. The predicted molar refractivity (Wildman–Crippen MR) is 94.9 cm³/mol. The van der Waals surface area contributed by atoms with Crippen molar-refractivity contribution in [3.8, 4) is 6.07 Å². The lowest BCUT2D eigenvalue weighted by Gasteiger charge is -2.35. The van der Waals surface area contributed by atoms with Gasteiger partial charge in [0, 0.05) is 38.8 Å². The van der Waals surface area contributed by atoms with Gasteiger partial charge in [-0.1, -0.05) is 0 Å². The van der Waals surface area contributed by atoms with E-state index in [9.17, 15) is 13.6 Å². The van der Waals surface area contributed by atoms with Crippen LogP contribution < -0.4 is 15.8 Å². The standard InChI is InChI=1S/C16H17F2N5O2.ClH/c1-22-12-3-2-10(7-19)21-15(12)13(6-14(22)24)23-5-4-20-11(8-23)9-25-16(17)18;/h2-3,6,11,16,20H,4-5,8-9H2,1H3;1H. The molecule has 0 aromatic carbocycles. The molecule has 1 atom stereocenters. The topological polar surface area (TPSA) is 83.2 Å². The fraction of sp³-hybridized carbons (Fsp3) is 0.438. The van der Waals surface area contributed by atoms with E-state index < -0.39 is 6.61 Å². The second-order valence-corrected chi connectivity index (χ2v) is 5.79. The molecule has 0 aliphatic carbocycles. The van der Waals surface area contributed by atoms with Gasteiger partial charge in [-0.15, -0.1) is 12.4 Å². The molecule has 0 spiro atoms. The zero-order valence-corrected chi connectivity index (χ0v) is 14.8. The minimum absolute atomic E-state index is 0. The molecule has 2 aromatic rings. The van der Waals surface area contributed by atoms with Crippen LogP contribution in [-0.4, -0.2) is 48.4 Å². The molecule has 7 nitrogen and oxygen atoms in total. The van der Waals surface area contributed by atoms with Gasteiger partial charge in [-0.2, -0.15) is 14.0 Å². The van der Waals surface area contributed by atoms with Crippen molar-refractivity contribution in [1.82, 2.24) is 14.9 Å². The lowest BCUT2D eigenvalue weighted by Crippen LogP contribution is -2.53. The lowest BCUT2D eigenvalue weighted by atomic mass is 10.1. The van der Waals surface area contributed by atoms with E-state index in [0.29, 0.717) is 36.4 Å². The van der Waals surface area contributed by atoms with E-state index in [1.807, 2.05) is 11.0 Å². The van der Waals surface area contributed by atoms with Gasteiger partial charge in [-0.25, -0.2) is 4.98 Å². The Hall–Kier alpha value is -2.28. The van der Waals surface area contributed by atoms with Crippen LogP contribution >= 0.6 is 12.4 Å². The van der Waals surface area contributed by atoms with Crippen LogP contribution in [0.25, 0.3) is 11.0 Å². The fourth-order valence-corrected chi connectivity index (χ4v) is 2.96. The Bertz CT molecular complexity index is 883. The first-order chi connectivity index (χ1) is 12.0. The third-order valence-electron chi connectivity index (χ3n) is 4.20. The van der Waals surface area contributed by atoms with Crippen molar-refractivity contribution in [2.75, 3.05) is 31.1 Å². The Balaban J connectivity index is 0.00000243. The number of ether oxygens (including phenoxy) is 1. The van der Waals surface area contributed by atoms with Gasteiger partial charge in [0.1, 0.15) is 17.3 Å². The molecule has 1 saturated heterocycles. The quantitative estimate of drug-likeness (QED) is 0.852. The van der Waals surface area contributed by atoms with Crippen LogP contribution in [-0.2, 0) is 11.8 Å². The van der Waals surface area contributed by atoms with Crippen LogP contribution in [0.3, 0.4) is 0 Å². The maximum absolute atomic E-state index is 12.3. The van der Waals surface area contributed by atoms with E-state index in [-0.39, 0.29) is 36.3 Å². The molecule has 1 unspecified atom stereocenters. The Morgan fingerprint density at radius 3 is 2.96 bits per heavy atom. The zero-order chi connectivity index (χ0) is 18.0. The Morgan fingerprint density at radius 1 is 1.50 bits per heavy atom. The number of anilines is 1. The molecule has 140 valence electrons. The summed E-state index contributed by atoms with van der Waals surface area (Å²) in [6.45, 7) is -1.40. The largest absolute Gasteiger partial charge is 0.367 e. The van der Waals surface area contributed by atoms with Crippen molar-refractivity contribution in [3.05, 3.63) is 34.2 Å². The summed E-state index contributed by atoms with van der Waals surface area (Å²) in [6, 6.07) is 6.41. The predicted octanol–water partition coefficient (Wildman–Crippen LogP) is 1.24. The number of hydrogen-bond donors (Lipinski definition) is 1. The number of fused-ring (bicyclic) bond motifs is 1. The molecule has 10 heteroatoms. The monoisotopic (exact) mass is 385 g/mol. The van der Waals surface area contributed by atoms with Gasteiger partial charge in [-0.3, -0.25) is 4.79 Å². The normalized spacial score (nSPS) is 17.2. The molecule has 1 aliphatic rings. The average Bonchev–Trinajstić information content (AvgIpc) is 2.62. The third-order valence-corrected chi connectivity index (χ3v) is 4.20. The number of aromatic nitrogens is 2. The molecule has 0 saturated carbocycles. The van der Waals surface area contributed by atoms with E-state index in [1.54, 1.807) is 19.2 Å². The molecule has 26 heavy (non-hydrogen) atoms. The molecule has 1 aliphatic heterocycles. The first-order valence-electron chi connectivity index (χ1n) is 7.78. The molecule has 0 amide bonds. The molecule has 1 fully saturated rings. The Labute approximate surface area is 154 Å². The highest BCUT2D eigenvalue weighted by molar-refractivity contribution is 5.88. The van der Waals surface area contributed by atoms with E-state index in [0.717, 1.165) is 0 Å². The molecule has 1 N–H and O–H groups in total. The molecule has 0 bridgehead atoms. The van der Waals surface area contributed by atoms with Crippen LogP contribution in [0.15, 0.2) is 23.0 Å². The van der Waals surface area contributed by atoms with Crippen molar-refractivity contribution < 1.29 is 13.5 Å². The van der Waals surface area contributed by atoms with Gasteiger partial charge in [0.15, 0.2) is 0 Å². The molecule has 3 rings (SSSR count). The smallest absolute Gasteiger partial charge is 0.345 e. The SMILES string of the molecule is Cl.Cn1c(=O)cc(N2CCNC(COC(F)F)C2)c2nc(C#N)ccc21. The first-order valence-corrected chi connectivity index (χ1v) is 7.78. The number of alkyl halides is 2. The summed E-state index contributed by atoms with van der Waals surface area (Å²) in [6.07, 6.45) is 0. The Morgan fingerprint density at radius 2 is 2.27 bits per heavy atom. The second kappa shape index (κ2) is 8.40. The highest BCUT2D eigenvalue weighted by Crippen LogP contribution is 2.24. The first kappa shape index (κ1) is 20.0. The summed E-state index contributed by atoms with van der Waals surface area (Å²) in [7, 11) is 1.64. The zero-order valence-electron chi connectivity index (χ0n) is 14.0. The summed E-state index contributed by atoms with van der Waals surface area (Å²) in [5.41, 5.74) is 1.80. The number of rotatable bonds is 4. The number of piperazine rings is 1. The second-order valence-electron chi connectivity index (χ2n) is 5.79. The van der Waals surface area contributed by atoms with Gasteiger partial charge in [0.2, 0.25) is 0 Å². The fourth-order valence-electron chi connectivity index (χ4n) is 2.96. The van der Waals surface area contributed by atoms with E-state index in [4.69, 9.17) is 5.26 Å². The maximum atomic E-state index is 12.3. The summed E-state index contributed by atoms with van der Waals surface area (Å²) >= 11 is 0. The van der Waals surface area contributed by atoms with Gasteiger partial charge in [-0.05, 0) is 12.1 Å². The molecule has 3 heterocycles. The van der Waals surface area contributed by atoms with Crippen LogP contribution in [0, 0.1) is 11.3 Å². The van der Waals surface area contributed by atoms with E-state index in [2.05, 4.69) is 15.0 Å². The van der Waals surface area contributed by atoms with Crippen molar-refractivity contribution in [2.24, 2.45) is 7.05 Å². The number of nitrogens with one attached hydrogen (secondary N) is 1. The highest BCUT2D eigenvalue weighted by atomic mass is 35.5.